The molecule has 0 aliphatic heterocycles. The zero-order valence-electron chi connectivity index (χ0n) is 3.84. The van der Waals surface area contributed by atoms with Crippen molar-refractivity contribution >= 4 is 5.97 Å². The number of hydrogen-bond acceptors (Lipinski definition) is 3. The van der Waals surface area contributed by atoms with Crippen LogP contribution in [0.3, 0.4) is 0 Å². The first-order valence-corrected chi connectivity index (χ1v) is 1.70. The summed E-state index contributed by atoms with van der Waals surface area (Å²) in [5.41, 5.74) is 0. The molecule has 1 unspecified atom stereocenters. The van der Waals surface area contributed by atoms with Crippen LogP contribution in [0.15, 0.2) is 0 Å². The van der Waals surface area contributed by atoms with E-state index in [9.17, 15) is 4.79 Å². The Bertz CT molecular complexity index is 73.7. The van der Waals surface area contributed by atoms with Crippen LogP contribution in [0.25, 0.3) is 0 Å². The van der Waals surface area contributed by atoms with Crippen LogP contribution in [0.1, 0.15) is 0 Å². The van der Waals surface area contributed by atoms with Gasteiger partial charge in [0.2, 0.25) is 0 Å². The summed E-state index contributed by atoms with van der Waals surface area (Å²) in [5, 5.41) is 23.7. The molecule has 0 fully saturated rings. The normalized spacial score (nSPS) is 11.8. The molecular formula is C3H6AgO4. The number of carboxylic acids is 1. The fraction of sp³-hybridized carbons (Fsp3) is 0.667. The third kappa shape index (κ3) is 4.29. The molecule has 0 saturated heterocycles. The number of aliphatic carboxylic acids is 1. The third-order valence-electron chi connectivity index (χ3n) is 0.458. The molecule has 1 atom stereocenters. The smallest absolute Gasteiger partial charge is 0.334 e. The monoisotopic (exact) mass is 213 g/mol. The molecule has 0 saturated carbocycles. The molecule has 5 heteroatoms. The maximum absolute atomic E-state index is 9.52. The van der Waals surface area contributed by atoms with Crippen molar-refractivity contribution in [3.8, 4) is 0 Å². The van der Waals surface area contributed by atoms with Gasteiger partial charge in [0.1, 0.15) is 0 Å². The van der Waals surface area contributed by atoms with Crippen molar-refractivity contribution < 1.29 is 42.5 Å². The van der Waals surface area contributed by atoms with E-state index in [-0.39, 0.29) is 22.4 Å². The van der Waals surface area contributed by atoms with Gasteiger partial charge in [0.25, 0.3) is 0 Å². The van der Waals surface area contributed by atoms with Crippen molar-refractivity contribution in [2.45, 2.75) is 6.10 Å². The van der Waals surface area contributed by atoms with Crippen LogP contribution in [0, 0.1) is 0 Å². The van der Waals surface area contributed by atoms with E-state index in [0.29, 0.717) is 0 Å². The van der Waals surface area contributed by atoms with Gasteiger partial charge in [0.05, 0.1) is 6.61 Å². The quantitative estimate of drug-likeness (QED) is 0.485. The number of hydrogen-bond donors (Lipinski definition) is 3. The number of rotatable bonds is 2. The third-order valence-corrected chi connectivity index (χ3v) is 0.458. The van der Waals surface area contributed by atoms with Crippen LogP contribution in [0.2, 0.25) is 0 Å². The van der Waals surface area contributed by atoms with E-state index in [1.165, 1.54) is 0 Å². The van der Waals surface area contributed by atoms with E-state index in [4.69, 9.17) is 15.3 Å². The Labute approximate surface area is 61.6 Å². The summed E-state index contributed by atoms with van der Waals surface area (Å²) in [5.74, 6) is -1.40. The molecule has 0 aliphatic carbocycles. The molecule has 0 heterocycles. The van der Waals surface area contributed by atoms with Gasteiger partial charge >= 0.3 is 5.97 Å². The first-order chi connectivity index (χ1) is 3.18. The van der Waals surface area contributed by atoms with Gasteiger partial charge in [0, 0.05) is 22.4 Å². The molecule has 0 aromatic carbocycles. The Hall–Kier alpha value is 0.130. The van der Waals surface area contributed by atoms with Crippen molar-refractivity contribution in [2.75, 3.05) is 6.61 Å². The number of carbonyl (C=O) groups is 1. The molecule has 0 aromatic heterocycles. The molecule has 1 radical (unpaired) electrons. The van der Waals surface area contributed by atoms with Gasteiger partial charge < -0.3 is 15.3 Å². The van der Waals surface area contributed by atoms with Crippen LogP contribution in [0.4, 0.5) is 0 Å². The average molecular weight is 214 g/mol. The molecule has 0 rings (SSSR count). The minimum absolute atomic E-state index is 0. The Balaban J connectivity index is 0. The molecule has 0 aliphatic rings. The second kappa shape index (κ2) is 5.27. The predicted molar refractivity (Wildman–Crippen MR) is 20.7 cm³/mol. The Morgan fingerprint density at radius 2 is 2.00 bits per heavy atom. The number of carboxylic acid groups (broad SMARTS) is 1. The minimum Gasteiger partial charge on any atom is -0.479 e. The number of aliphatic hydroxyl groups is 2. The first-order valence-electron chi connectivity index (χ1n) is 1.70. The van der Waals surface area contributed by atoms with Gasteiger partial charge in [-0.05, 0) is 0 Å². The van der Waals surface area contributed by atoms with E-state index in [0.717, 1.165) is 0 Å². The SMILES string of the molecule is O=C(O)C(O)CO.[Ag]. The Morgan fingerprint density at radius 1 is 1.62 bits per heavy atom. The van der Waals surface area contributed by atoms with Gasteiger partial charge in [-0.3, -0.25) is 0 Å². The Morgan fingerprint density at radius 3 is 2.00 bits per heavy atom. The number of aliphatic hydroxyl groups excluding tert-OH is 2. The summed E-state index contributed by atoms with van der Waals surface area (Å²) in [6.45, 7) is -0.727. The zero-order valence-corrected chi connectivity index (χ0v) is 5.32. The average Bonchev–Trinajstić information content (AvgIpc) is 1.65. The van der Waals surface area contributed by atoms with Crippen molar-refractivity contribution in [3.63, 3.8) is 0 Å². The molecule has 0 bridgehead atoms. The topological polar surface area (TPSA) is 77.8 Å². The fourth-order valence-electron chi connectivity index (χ4n) is 0.0781. The molecule has 0 aromatic rings. The first kappa shape index (κ1) is 11.0. The maximum atomic E-state index is 9.52. The Kier molecular flexibility index (Phi) is 7.25. The molecule has 0 amide bonds. The summed E-state index contributed by atoms with van der Waals surface area (Å²) in [7, 11) is 0. The molecule has 53 valence electrons. The summed E-state index contributed by atoms with van der Waals surface area (Å²) in [4.78, 5) is 9.52. The van der Waals surface area contributed by atoms with Crippen LogP contribution in [-0.4, -0.2) is 34.0 Å². The minimum atomic E-state index is -1.63. The second-order valence-electron chi connectivity index (χ2n) is 1.04. The van der Waals surface area contributed by atoms with E-state index in [1.807, 2.05) is 0 Å². The van der Waals surface area contributed by atoms with Crippen LogP contribution >= 0.6 is 0 Å². The van der Waals surface area contributed by atoms with Gasteiger partial charge in [-0.2, -0.15) is 0 Å². The van der Waals surface area contributed by atoms with Gasteiger partial charge in [-0.15, -0.1) is 0 Å². The van der Waals surface area contributed by atoms with Crippen molar-refractivity contribution in [2.24, 2.45) is 0 Å². The van der Waals surface area contributed by atoms with E-state index in [2.05, 4.69) is 0 Å². The maximum Gasteiger partial charge on any atom is 0.334 e. The van der Waals surface area contributed by atoms with Crippen molar-refractivity contribution in [3.05, 3.63) is 0 Å². The van der Waals surface area contributed by atoms with Crippen LogP contribution in [-0.2, 0) is 27.2 Å². The molecule has 8 heavy (non-hydrogen) atoms. The largest absolute Gasteiger partial charge is 0.479 e. The molecule has 3 N–H and O–H groups in total. The summed E-state index contributed by atoms with van der Waals surface area (Å²) >= 11 is 0. The standard InChI is InChI=1S/C3H6O4.Ag/c4-1-2(5)3(6)7;/h2,4-5H,1H2,(H,6,7);. The predicted octanol–water partition coefficient (Wildman–Crippen LogP) is -1.58. The van der Waals surface area contributed by atoms with E-state index >= 15 is 0 Å². The van der Waals surface area contributed by atoms with E-state index in [1.54, 1.807) is 0 Å². The van der Waals surface area contributed by atoms with E-state index < -0.39 is 18.7 Å². The molecule has 0 spiro atoms. The summed E-state index contributed by atoms with van der Waals surface area (Å²) < 4.78 is 0. The molecule has 4 nitrogen and oxygen atoms in total. The van der Waals surface area contributed by atoms with Crippen LogP contribution in [0.5, 0.6) is 0 Å². The van der Waals surface area contributed by atoms with Gasteiger partial charge in [-0.25, -0.2) is 4.79 Å². The molecular weight excluding hydrogens is 208 g/mol. The summed E-state index contributed by atoms with van der Waals surface area (Å²) in [6, 6.07) is 0. The van der Waals surface area contributed by atoms with Gasteiger partial charge in [-0.1, -0.05) is 0 Å². The van der Waals surface area contributed by atoms with Gasteiger partial charge in [0.15, 0.2) is 6.10 Å². The second-order valence-corrected chi connectivity index (χ2v) is 1.04. The summed E-state index contributed by atoms with van der Waals surface area (Å²) in [6.07, 6.45) is -1.63. The van der Waals surface area contributed by atoms with Crippen LogP contribution < -0.4 is 0 Å². The fourth-order valence-corrected chi connectivity index (χ4v) is 0.0781. The van der Waals surface area contributed by atoms with Crippen molar-refractivity contribution in [1.82, 2.24) is 0 Å². The zero-order chi connectivity index (χ0) is 5.86. The van der Waals surface area contributed by atoms with Crippen molar-refractivity contribution in [1.29, 1.82) is 0 Å².